The quantitative estimate of drug-likeness (QED) is 0.743. The molecular formula is C20H21N3O. The number of benzene rings is 2. The average Bonchev–Trinajstić information content (AvgIpc) is 3.12. The normalized spacial score (nSPS) is 11.9. The van der Waals surface area contributed by atoms with E-state index in [4.69, 9.17) is 0 Å². The first-order valence-electron chi connectivity index (χ1n) is 8.17. The number of nitrogens with zero attached hydrogens (tertiary/aromatic N) is 1. The number of rotatable bonds is 5. The minimum Gasteiger partial charge on any atom is -0.345 e. The number of H-pyrrole nitrogens is 1. The Morgan fingerprint density at radius 1 is 1.12 bits per heavy atom. The summed E-state index contributed by atoms with van der Waals surface area (Å²) in [5, 5.41) is 10.0. The second kappa shape index (κ2) is 7.13. The summed E-state index contributed by atoms with van der Waals surface area (Å²) in [5.74, 6) is -0.130. The van der Waals surface area contributed by atoms with Gasteiger partial charge in [-0.05, 0) is 24.5 Å². The SMILES string of the molecule is CCc1ccc(-c2[nH]ncc2C(=O)NC(C)c2ccccc2)cc1. The molecule has 3 rings (SSSR count). The molecule has 0 aliphatic heterocycles. The van der Waals surface area contributed by atoms with Gasteiger partial charge < -0.3 is 5.32 Å². The maximum Gasteiger partial charge on any atom is 0.255 e. The lowest BCUT2D eigenvalue weighted by molar-refractivity contribution is 0.0940. The smallest absolute Gasteiger partial charge is 0.255 e. The first kappa shape index (κ1) is 16.0. The molecule has 0 fully saturated rings. The van der Waals surface area contributed by atoms with E-state index in [1.54, 1.807) is 6.20 Å². The van der Waals surface area contributed by atoms with Crippen LogP contribution in [-0.2, 0) is 6.42 Å². The first-order chi connectivity index (χ1) is 11.7. The number of aromatic amines is 1. The molecular weight excluding hydrogens is 298 g/mol. The van der Waals surface area contributed by atoms with Crippen molar-refractivity contribution in [3.63, 3.8) is 0 Å². The first-order valence-corrected chi connectivity index (χ1v) is 8.17. The van der Waals surface area contributed by atoms with Gasteiger partial charge in [0.25, 0.3) is 5.91 Å². The number of carbonyl (C=O) groups is 1. The highest BCUT2D eigenvalue weighted by Gasteiger charge is 2.17. The van der Waals surface area contributed by atoms with Crippen molar-refractivity contribution in [2.24, 2.45) is 0 Å². The second-order valence-corrected chi connectivity index (χ2v) is 5.81. The molecule has 0 bridgehead atoms. The molecule has 0 radical (unpaired) electrons. The lowest BCUT2D eigenvalue weighted by Gasteiger charge is -2.14. The molecule has 2 N–H and O–H groups in total. The largest absolute Gasteiger partial charge is 0.345 e. The van der Waals surface area contributed by atoms with Gasteiger partial charge in [-0.15, -0.1) is 0 Å². The molecule has 0 spiro atoms. The minimum absolute atomic E-state index is 0.0658. The lowest BCUT2D eigenvalue weighted by atomic mass is 10.0. The number of nitrogens with one attached hydrogen (secondary N) is 2. The molecule has 1 aromatic heterocycles. The highest BCUT2D eigenvalue weighted by molar-refractivity contribution is 5.99. The van der Waals surface area contributed by atoms with E-state index in [0.717, 1.165) is 23.2 Å². The van der Waals surface area contributed by atoms with Crippen LogP contribution < -0.4 is 5.32 Å². The molecule has 4 nitrogen and oxygen atoms in total. The van der Waals surface area contributed by atoms with Crippen molar-refractivity contribution in [1.82, 2.24) is 15.5 Å². The van der Waals surface area contributed by atoms with E-state index >= 15 is 0 Å². The van der Waals surface area contributed by atoms with Crippen LogP contribution in [0.4, 0.5) is 0 Å². The van der Waals surface area contributed by atoms with Crippen molar-refractivity contribution in [3.05, 3.63) is 77.5 Å². The van der Waals surface area contributed by atoms with E-state index in [1.807, 2.05) is 49.4 Å². The van der Waals surface area contributed by atoms with Gasteiger partial charge in [0.1, 0.15) is 0 Å². The molecule has 1 amide bonds. The van der Waals surface area contributed by atoms with E-state index in [1.165, 1.54) is 5.56 Å². The molecule has 122 valence electrons. The monoisotopic (exact) mass is 319 g/mol. The molecule has 24 heavy (non-hydrogen) atoms. The number of hydrogen-bond acceptors (Lipinski definition) is 2. The fourth-order valence-electron chi connectivity index (χ4n) is 2.68. The van der Waals surface area contributed by atoms with Gasteiger partial charge in [-0.1, -0.05) is 61.5 Å². The molecule has 0 aliphatic rings. The molecule has 2 aromatic carbocycles. The minimum atomic E-state index is -0.130. The van der Waals surface area contributed by atoms with Gasteiger partial charge in [0, 0.05) is 5.56 Å². The van der Waals surface area contributed by atoms with E-state index < -0.39 is 0 Å². The Labute approximate surface area is 141 Å². The number of hydrogen-bond donors (Lipinski definition) is 2. The Morgan fingerprint density at radius 3 is 2.50 bits per heavy atom. The Morgan fingerprint density at radius 2 is 1.83 bits per heavy atom. The third-order valence-corrected chi connectivity index (χ3v) is 4.18. The molecule has 0 aliphatic carbocycles. The summed E-state index contributed by atoms with van der Waals surface area (Å²) in [7, 11) is 0. The van der Waals surface area contributed by atoms with Gasteiger partial charge in [0.05, 0.1) is 23.5 Å². The zero-order valence-corrected chi connectivity index (χ0v) is 13.9. The van der Waals surface area contributed by atoms with Gasteiger partial charge in [-0.3, -0.25) is 9.89 Å². The standard InChI is InChI=1S/C20H21N3O/c1-3-15-9-11-17(12-10-15)19-18(13-21-23-19)20(24)22-14(2)16-7-5-4-6-8-16/h4-14H,3H2,1-2H3,(H,21,23)(H,22,24). The Kier molecular flexibility index (Phi) is 4.75. The third-order valence-electron chi connectivity index (χ3n) is 4.18. The highest BCUT2D eigenvalue weighted by Crippen LogP contribution is 2.22. The molecule has 0 saturated heterocycles. The maximum absolute atomic E-state index is 12.6. The van der Waals surface area contributed by atoms with Crippen molar-refractivity contribution >= 4 is 5.91 Å². The van der Waals surface area contributed by atoms with Crippen LogP contribution in [0.25, 0.3) is 11.3 Å². The van der Waals surface area contributed by atoms with E-state index in [-0.39, 0.29) is 11.9 Å². The van der Waals surface area contributed by atoms with Gasteiger partial charge in [0.15, 0.2) is 0 Å². The Bertz CT molecular complexity index is 806. The molecule has 1 unspecified atom stereocenters. The summed E-state index contributed by atoms with van der Waals surface area (Å²) in [5.41, 5.74) is 4.60. The summed E-state index contributed by atoms with van der Waals surface area (Å²) in [4.78, 5) is 12.6. The zero-order chi connectivity index (χ0) is 16.9. The van der Waals surface area contributed by atoms with Crippen LogP contribution in [0.3, 0.4) is 0 Å². The molecule has 4 heteroatoms. The van der Waals surface area contributed by atoms with E-state index in [9.17, 15) is 4.79 Å². The molecule has 1 atom stereocenters. The predicted octanol–water partition coefficient (Wildman–Crippen LogP) is 4.13. The summed E-state index contributed by atoms with van der Waals surface area (Å²) in [6.45, 7) is 4.10. The Hall–Kier alpha value is -2.88. The molecule has 1 heterocycles. The zero-order valence-electron chi connectivity index (χ0n) is 13.9. The van der Waals surface area contributed by atoms with E-state index in [2.05, 4.69) is 34.6 Å². The van der Waals surface area contributed by atoms with Crippen LogP contribution in [0, 0.1) is 0 Å². The summed E-state index contributed by atoms with van der Waals surface area (Å²) < 4.78 is 0. The number of carbonyl (C=O) groups excluding carboxylic acids is 1. The average molecular weight is 319 g/mol. The van der Waals surface area contributed by atoms with Gasteiger partial charge in [-0.25, -0.2) is 0 Å². The van der Waals surface area contributed by atoms with Gasteiger partial charge in [-0.2, -0.15) is 5.10 Å². The van der Waals surface area contributed by atoms with Crippen molar-refractivity contribution < 1.29 is 4.79 Å². The maximum atomic E-state index is 12.6. The van der Waals surface area contributed by atoms with Crippen LogP contribution in [-0.4, -0.2) is 16.1 Å². The summed E-state index contributed by atoms with van der Waals surface area (Å²) in [6.07, 6.45) is 2.57. The van der Waals surface area contributed by atoms with Crippen molar-refractivity contribution in [1.29, 1.82) is 0 Å². The molecule has 3 aromatic rings. The fourth-order valence-corrected chi connectivity index (χ4v) is 2.68. The number of aryl methyl sites for hydroxylation is 1. The Balaban J connectivity index is 1.80. The van der Waals surface area contributed by atoms with Crippen LogP contribution in [0.15, 0.2) is 60.8 Å². The third kappa shape index (κ3) is 3.38. The highest BCUT2D eigenvalue weighted by atomic mass is 16.1. The van der Waals surface area contributed by atoms with Crippen LogP contribution in [0.1, 0.15) is 41.4 Å². The van der Waals surface area contributed by atoms with Crippen LogP contribution >= 0.6 is 0 Å². The van der Waals surface area contributed by atoms with Crippen molar-refractivity contribution in [2.45, 2.75) is 26.3 Å². The van der Waals surface area contributed by atoms with Gasteiger partial charge in [0.2, 0.25) is 0 Å². The van der Waals surface area contributed by atoms with Crippen molar-refractivity contribution in [3.8, 4) is 11.3 Å². The second-order valence-electron chi connectivity index (χ2n) is 5.81. The number of amides is 1. The molecule has 0 saturated carbocycles. The lowest BCUT2D eigenvalue weighted by Crippen LogP contribution is -2.26. The number of aromatic nitrogens is 2. The van der Waals surface area contributed by atoms with Gasteiger partial charge >= 0.3 is 0 Å². The summed E-state index contributed by atoms with van der Waals surface area (Å²) in [6, 6.07) is 18.0. The topological polar surface area (TPSA) is 57.8 Å². The van der Waals surface area contributed by atoms with E-state index in [0.29, 0.717) is 5.56 Å². The van der Waals surface area contributed by atoms with Crippen molar-refractivity contribution in [2.75, 3.05) is 0 Å². The fraction of sp³-hybridized carbons (Fsp3) is 0.200. The van der Waals surface area contributed by atoms with Crippen LogP contribution in [0.2, 0.25) is 0 Å². The predicted molar refractivity (Wildman–Crippen MR) is 95.7 cm³/mol. The van der Waals surface area contributed by atoms with Crippen LogP contribution in [0.5, 0.6) is 0 Å². The summed E-state index contributed by atoms with van der Waals surface area (Å²) >= 11 is 0.